The van der Waals surface area contributed by atoms with Gasteiger partial charge in [0.2, 0.25) is 5.91 Å². The van der Waals surface area contributed by atoms with Crippen LogP contribution in [0.1, 0.15) is 26.0 Å². The van der Waals surface area contributed by atoms with Gasteiger partial charge in [-0.05, 0) is 20.3 Å². The van der Waals surface area contributed by atoms with Gasteiger partial charge in [0.05, 0.1) is 0 Å². The topological polar surface area (TPSA) is 84.2 Å². The fourth-order valence-electron chi connectivity index (χ4n) is 1.72. The number of hydrogen-bond donors (Lipinski definition) is 2. The van der Waals surface area contributed by atoms with Gasteiger partial charge in [-0.25, -0.2) is 4.98 Å². The number of carbonyl (C=O) groups is 1. The number of amides is 1. The summed E-state index contributed by atoms with van der Waals surface area (Å²) in [5, 5.41) is 10.1. The third-order valence-corrected chi connectivity index (χ3v) is 2.69. The van der Waals surface area contributed by atoms with Crippen molar-refractivity contribution in [3.8, 4) is 0 Å². The van der Waals surface area contributed by atoms with E-state index in [1.165, 1.54) is 6.33 Å². The summed E-state index contributed by atoms with van der Waals surface area (Å²) in [5.74, 6) is 1.19. The molecule has 2 aromatic heterocycles. The van der Waals surface area contributed by atoms with Crippen LogP contribution in [-0.4, -0.2) is 38.1 Å². The molecular formula is C12H18N6O. The third kappa shape index (κ3) is 2.98. The van der Waals surface area contributed by atoms with Crippen LogP contribution < -0.4 is 10.6 Å². The molecule has 2 aromatic rings. The quantitative estimate of drug-likeness (QED) is 0.831. The third-order valence-electron chi connectivity index (χ3n) is 2.69. The van der Waals surface area contributed by atoms with E-state index in [1.54, 1.807) is 4.52 Å². The van der Waals surface area contributed by atoms with Crippen LogP contribution in [0.15, 0.2) is 12.4 Å². The Balaban J connectivity index is 2.16. The molecule has 0 spiro atoms. The molecule has 0 aliphatic rings. The van der Waals surface area contributed by atoms with Crippen LogP contribution >= 0.6 is 0 Å². The Labute approximate surface area is 111 Å². The van der Waals surface area contributed by atoms with E-state index in [4.69, 9.17) is 0 Å². The van der Waals surface area contributed by atoms with Gasteiger partial charge in [0.15, 0.2) is 0 Å². The highest BCUT2D eigenvalue weighted by molar-refractivity contribution is 5.83. The average Bonchev–Trinajstić information content (AvgIpc) is 2.83. The number of nitrogens with one attached hydrogen (secondary N) is 2. The molecule has 7 heteroatoms. The number of fused-ring (bicyclic) bond motifs is 1. The average molecular weight is 262 g/mol. The normalized spacial score (nSPS) is 12.4. The minimum atomic E-state index is -0.347. The van der Waals surface area contributed by atoms with Crippen molar-refractivity contribution in [1.82, 2.24) is 24.9 Å². The second-order valence-corrected chi connectivity index (χ2v) is 4.41. The number of aryl methyl sites for hydroxylation is 1. The molecule has 0 aliphatic carbocycles. The number of carbonyl (C=O) groups excluding carboxylic acids is 1. The van der Waals surface area contributed by atoms with Crippen molar-refractivity contribution in [2.75, 3.05) is 11.9 Å². The van der Waals surface area contributed by atoms with Crippen molar-refractivity contribution in [2.24, 2.45) is 0 Å². The number of anilines is 1. The van der Waals surface area contributed by atoms with E-state index < -0.39 is 0 Å². The summed E-state index contributed by atoms with van der Waals surface area (Å²) >= 11 is 0. The highest BCUT2D eigenvalue weighted by atomic mass is 16.2. The molecule has 0 radical (unpaired) electrons. The summed E-state index contributed by atoms with van der Waals surface area (Å²) in [6.07, 6.45) is 2.36. The van der Waals surface area contributed by atoms with Crippen molar-refractivity contribution in [2.45, 2.75) is 33.2 Å². The van der Waals surface area contributed by atoms with Crippen molar-refractivity contribution in [1.29, 1.82) is 0 Å². The van der Waals surface area contributed by atoms with Gasteiger partial charge in [0.25, 0.3) is 5.78 Å². The lowest BCUT2D eigenvalue weighted by molar-refractivity contribution is -0.121. The Morgan fingerprint density at radius 3 is 3.05 bits per heavy atom. The predicted octanol–water partition coefficient (Wildman–Crippen LogP) is 0.759. The molecule has 7 nitrogen and oxygen atoms in total. The molecule has 1 amide bonds. The van der Waals surface area contributed by atoms with E-state index in [1.807, 2.05) is 26.8 Å². The minimum Gasteiger partial charge on any atom is -0.358 e. The Morgan fingerprint density at radius 1 is 1.53 bits per heavy atom. The monoisotopic (exact) mass is 262 g/mol. The lowest BCUT2D eigenvalue weighted by atomic mass is 10.3. The van der Waals surface area contributed by atoms with Crippen molar-refractivity contribution < 1.29 is 4.79 Å². The summed E-state index contributed by atoms with van der Waals surface area (Å²) < 4.78 is 1.58. The predicted molar refractivity (Wildman–Crippen MR) is 71.9 cm³/mol. The minimum absolute atomic E-state index is 0.0374. The van der Waals surface area contributed by atoms with Crippen LogP contribution in [0.4, 0.5) is 5.82 Å². The lowest BCUT2D eigenvalue weighted by Crippen LogP contribution is -2.38. The van der Waals surface area contributed by atoms with Crippen LogP contribution in [0.25, 0.3) is 5.78 Å². The fraction of sp³-hybridized carbons (Fsp3) is 0.500. The molecule has 0 aromatic carbocycles. The fourth-order valence-corrected chi connectivity index (χ4v) is 1.72. The van der Waals surface area contributed by atoms with E-state index in [2.05, 4.69) is 25.7 Å². The maximum atomic E-state index is 11.8. The molecule has 0 saturated carbocycles. The number of rotatable bonds is 5. The largest absolute Gasteiger partial charge is 0.358 e. The second-order valence-electron chi connectivity index (χ2n) is 4.41. The molecule has 0 fully saturated rings. The molecule has 2 rings (SSSR count). The number of aromatic nitrogens is 4. The van der Waals surface area contributed by atoms with Gasteiger partial charge in [-0.3, -0.25) is 4.79 Å². The van der Waals surface area contributed by atoms with Crippen LogP contribution in [0.2, 0.25) is 0 Å². The number of nitrogens with zero attached hydrogens (tertiary/aromatic N) is 4. The lowest BCUT2D eigenvalue weighted by Gasteiger charge is -2.15. The van der Waals surface area contributed by atoms with E-state index in [0.717, 1.165) is 12.1 Å². The highest BCUT2D eigenvalue weighted by Crippen LogP contribution is 2.11. The summed E-state index contributed by atoms with van der Waals surface area (Å²) in [4.78, 5) is 20.1. The SMILES string of the molecule is CCCNC(=O)C(C)Nc1cc(C)nc2ncnn12. The summed E-state index contributed by atoms with van der Waals surface area (Å²) in [6.45, 7) is 6.38. The maximum absolute atomic E-state index is 11.8. The molecule has 102 valence electrons. The van der Waals surface area contributed by atoms with Gasteiger partial charge in [-0.15, -0.1) is 0 Å². The summed E-state index contributed by atoms with van der Waals surface area (Å²) in [7, 11) is 0. The molecule has 2 N–H and O–H groups in total. The van der Waals surface area contributed by atoms with Crippen LogP contribution in [0.3, 0.4) is 0 Å². The van der Waals surface area contributed by atoms with Gasteiger partial charge in [0, 0.05) is 18.3 Å². The summed E-state index contributed by atoms with van der Waals surface area (Å²) in [6, 6.07) is 1.49. The van der Waals surface area contributed by atoms with Gasteiger partial charge >= 0.3 is 0 Å². The Hall–Kier alpha value is -2.18. The Morgan fingerprint density at radius 2 is 2.32 bits per heavy atom. The molecule has 0 aliphatic heterocycles. The van der Waals surface area contributed by atoms with Crippen molar-refractivity contribution >= 4 is 17.5 Å². The van der Waals surface area contributed by atoms with Gasteiger partial charge in [-0.1, -0.05) is 6.92 Å². The van der Waals surface area contributed by atoms with E-state index in [-0.39, 0.29) is 11.9 Å². The number of hydrogen-bond acceptors (Lipinski definition) is 5. The zero-order valence-electron chi connectivity index (χ0n) is 11.3. The smallest absolute Gasteiger partial charge is 0.254 e. The Kier molecular flexibility index (Phi) is 3.94. The van der Waals surface area contributed by atoms with Gasteiger partial charge in [-0.2, -0.15) is 14.6 Å². The van der Waals surface area contributed by atoms with Gasteiger partial charge < -0.3 is 10.6 Å². The molecule has 0 bridgehead atoms. The second kappa shape index (κ2) is 5.64. The van der Waals surface area contributed by atoms with Crippen molar-refractivity contribution in [3.63, 3.8) is 0 Å². The van der Waals surface area contributed by atoms with E-state index in [9.17, 15) is 4.79 Å². The molecule has 1 unspecified atom stereocenters. The first-order chi connectivity index (χ1) is 9.11. The van der Waals surface area contributed by atoms with Crippen LogP contribution in [0, 0.1) is 6.92 Å². The molecule has 19 heavy (non-hydrogen) atoms. The first kappa shape index (κ1) is 13.3. The molecule has 1 atom stereocenters. The summed E-state index contributed by atoms with van der Waals surface area (Å²) in [5.41, 5.74) is 0.823. The highest BCUT2D eigenvalue weighted by Gasteiger charge is 2.14. The van der Waals surface area contributed by atoms with Gasteiger partial charge in [0.1, 0.15) is 18.2 Å². The first-order valence-electron chi connectivity index (χ1n) is 6.33. The zero-order chi connectivity index (χ0) is 13.8. The molecular weight excluding hydrogens is 244 g/mol. The van der Waals surface area contributed by atoms with E-state index >= 15 is 0 Å². The Bertz CT molecular complexity index is 579. The van der Waals surface area contributed by atoms with Crippen LogP contribution in [-0.2, 0) is 4.79 Å². The molecule has 0 saturated heterocycles. The standard InChI is InChI=1S/C12H18N6O/c1-4-5-13-11(19)9(3)17-10-6-8(2)16-12-14-7-15-18(10)12/h6-7,9,17H,4-5H2,1-3H3,(H,13,19). The first-order valence-corrected chi connectivity index (χ1v) is 6.33. The molecule has 2 heterocycles. The van der Waals surface area contributed by atoms with Crippen molar-refractivity contribution in [3.05, 3.63) is 18.1 Å². The van der Waals surface area contributed by atoms with E-state index in [0.29, 0.717) is 18.1 Å². The van der Waals surface area contributed by atoms with Crippen LogP contribution in [0.5, 0.6) is 0 Å². The maximum Gasteiger partial charge on any atom is 0.254 e. The zero-order valence-corrected chi connectivity index (χ0v) is 11.3.